The number of carbonyl (C=O) groups excluding carboxylic acids is 2. The van der Waals surface area contributed by atoms with Crippen molar-refractivity contribution in [1.29, 1.82) is 0 Å². The molecule has 0 radical (unpaired) electrons. The molecule has 2 amide bonds. The van der Waals surface area contributed by atoms with Gasteiger partial charge in [0.05, 0.1) is 16.8 Å². The maximum absolute atomic E-state index is 14.0. The van der Waals surface area contributed by atoms with E-state index in [1.165, 1.54) is 12.1 Å². The average molecular weight is 370 g/mol. The lowest BCUT2D eigenvalue weighted by Crippen LogP contribution is -2.40. The van der Waals surface area contributed by atoms with Crippen LogP contribution in [-0.4, -0.2) is 47.9 Å². The minimum Gasteiger partial charge on any atom is -0.370 e. The fourth-order valence-corrected chi connectivity index (χ4v) is 4.13. The molecule has 4 rings (SSSR count). The summed E-state index contributed by atoms with van der Waals surface area (Å²) in [6.07, 6.45) is 4.87. The van der Waals surface area contributed by atoms with Crippen molar-refractivity contribution in [2.45, 2.75) is 25.7 Å². The van der Waals surface area contributed by atoms with Crippen LogP contribution >= 0.6 is 0 Å². The van der Waals surface area contributed by atoms with Crippen molar-refractivity contribution in [3.05, 3.63) is 35.8 Å². The molecule has 7 heteroatoms. The highest BCUT2D eigenvalue weighted by molar-refractivity contribution is 6.07. The van der Waals surface area contributed by atoms with Crippen LogP contribution in [0.3, 0.4) is 0 Å². The summed E-state index contributed by atoms with van der Waals surface area (Å²) in [5.74, 6) is -0.848. The van der Waals surface area contributed by atoms with E-state index in [0.717, 1.165) is 31.6 Å². The molecule has 0 saturated carbocycles. The molecule has 0 unspecified atom stereocenters. The van der Waals surface area contributed by atoms with Gasteiger partial charge in [-0.05, 0) is 43.9 Å². The fourth-order valence-electron chi connectivity index (χ4n) is 4.13. The monoisotopic (exact) mass is 370 g/mol. The summed E-state index contributed by atoms with van der Waals surface area (Å²) in [4.78, 5) is 32.9. The van der Waals surface area contributed by atoms with Gasteiger partial charge in [-0.3, -0.25) is 14.6 Å². The van der Waals surface area contributed by atoms with Crippen molar-refractivity contribution in [2.75, 3.05) is 31.1 Å². The lowest BCUT2D eigenvalue weighted by molar-refractivity contribution is -0.122. The maximum atomic E-state index is 14.0. The van der Waals surface area contributed by atoms with E-state index in [4.69, 9.17) is 5.73 Å². The number of amides is 2. The Balaban J connectivity index is 1.77. The standard InChI is InChI=1S/C20H23FN4O2/c21-14-3-4-17-15(11-14)18(24-9-5-13(6-10-24)19(22)26)16(12-23-17)20(27)25-7-1-2-8-25/h3-4,11-13H,1-2,5-10H2,(H2,22,26). The average Bonchev–Trinajstić information content (AvgIpc) is 3.21. The van der Waals surface area contributed by atoms with Crippen molar-refractivity contribution >= 4 is 28.4 Å². The zero-order valence-electron chi connectivity index (χ0n) is 15.2. The van der Waals surface area contributed by atoms with E-state index in [-0.39, 0.29) is 23.5 Å². The van der Waals surface area contributed by atoms with E-state index < -0.39 is 0 Å². The molecule has 2 N–H and O–H groups in total. The molecule has 0 spiro atoms. The number of anilines is 1. The van der Waals surface area contributed by atoms with Crippen LogP contribution in [0.2, 0.25) is 0 Å². The quantitative estimate of drug-likeness (QED) is 0.899. The van der Waals surface area contributed by atoms with Gasteiger partial charge in [-0.25, -0.2) is 4.39 Å². The predicted molar refractivity (Wildman–Crippen MR) is 101 cm³/mol. The molecule has 142 valence electrons. The lowest BCUT2D eigenvalue weighted by Gasteiger charge is -2.34. The Morgan fingerprint density at radius 3 is 2.48 bits per heavy atom. The SMILES string of the molecule is NC(=O)C1CCN(c2c(C(=O)N3CCCC3)cnc3ccc(F)cc23)CC1. The minimum absolute atomic E-state index is 0.0572. The van der Waals surface area contributed by atoms with Gasteiger partial charge in [-0.15, -0.1) is 0 Å². The van der Waals surface area contributed by atoms with Gasteiger partial charge in [0.15, 0.2) is 0 Å². The largest absolute Gasteiger partial charge is 0.370 e. The lowest BCUT2D eigenvalue weighted by atomic mass is 9.94. The molecule has 1 aromatic heterocycles. The Bertz CT molecular complexity index is 887. The van der Waals surface area contributed by atoms with Crippen LogP contribution in [0.1, 0.15) is 36.0 Å². The number of hydrogen-bond donors (Lipinski definition) is 1. The van der Waals surface area contributed by atoms with Gasteiger partial charge in [0, 0.05) is 43.7 Å². The van der Waals surface area contributed by atoms with Crippen molar-refractivity contribution in [1.82, 2.24) is 9.88 Å². The topological polar surface area (TPSA) is 79.5 Å². The van der Waals surface area contributed by atoms with Crippen LogP contribution in [0.5, 0.6) is 0 Å². The third kappa shape index (κ3) is 3.34. The predicted octanol–water partition coefficient (Wildman–Crippen LogP) is 2.31. The molecule has 2 fully saturated rings. The van der Waals surface area contributed by atoms with Gasteiger partial charge in [-0.2, -0.15) is 0 Å². The number of aromatic nitrogens is 1. The molecule has 1 aromatic carbocycles. The van der Waals surface area contributed by atoms with Gasteiger partial charge in [0.2, 0.25) is 5.91 Å². The first kappa shape index (κ1) is 17.7. The number of nitrogens with zero attached hydrogens (tertiary/aromatic N) is 3. The Kier molecular flexibility index (Phi) is 4.68. The number of halogens is 1. The third-order valence-electron chi connectivity index (χ3n) is 5.64. The molecule has 3 heterocycles. The van der Waals surface area contributed by atoms with Gasteiger partial charge in [0.1, 0.15) is 5.82 Å². The Labute approximate surface area is 157 Å². The zero-order chi connectivity index (χ0) is 19.0. The highest BCUT2D eigenvalue weighted by Gasteiger charge is 2.29. The number of pyridine rings is 1. The van der Waals surface area contributed by atoms with Crippen LogP contribution in [0, 0.1) is 11.7 Å². The third-order valence-corrected chi connectivity index (χ3v) is 5.64. The fraction of sp³-hybridized carbons (Fsp3) is 0.450. The van der Waals surface area contributed by atoms with E-state index in [9.17, 15) is 14.0 Å². The van der Waals surface area contributed by atoms with Crippen molar-refractivity contribution < 1.29 is 14.0 Å². The molecular weight excluding hydrogens is 347 g/mol. The van der Waals surface area contributed by atoms with Crippen LogP contribution in [0.15, 0.2) is 24.4 Å². The number of carbonyl (C=O) groups is 2. The molecule has 0 atom stereocenters. The van der Waals surface area contributed by atoms with Gasteiger partial charge < -0.3 is 15.5 Å². The minimum atomic E-state index is -0.358. The van der Waals surface area contributed by atoms with Crippen LogP contribution < -0.4 is 10.6 Å². The summed E-state index contributed by atoms with van der Waals surface area (Å²) < 4.78 is 14.0. The second-order valence-electron chi connectivity index (χ2n) is 7.34. The maximum Gasteiger partial charge on any atom is 0.257 e. The van der Waals surface area contributed by atoms with Crippen molar-refractivity contribution in [3.8, 4) is 0 Å². The number of likely N-dealkylation sites (tertiary alicyclic amines) is 1. The smallest absolute Gasteiger partial charge is 0.257 e. The summed E-state index contributed by atoms with van der Waals surface area (Å²) in [5.41, 5.74) is 7.33. The van der Waals surface area contributed by atoms with Gasteiger partial charge in [-0.1, -0.05) is 0 Å². The summed E-state index contributed by atoms with van der Waals surface area (Å²) in [6.45, 7) is 2.68. The summed E-state index contributed by atoms with van der Waals surface area (Å²) in [6, 6.07) is 4.45. The first-order valence-corrected chi connectivity index (χ1v) is 9.46. The van der Waals surface area contributed by atoms with Gasteiger partial charge in [0.25, 0.3) is 5.91 Å². The van der Waals surface area contributed by atoms with Crippen molar-refractivity contribution in [2.24, 2.45) is 11.7 Å². The zero-order valence-corrected chi connectivity index (χ0v) is 15.2. The number of piperidine rings is 1. The first-order valence-electron chi connectivity index (χ1n) is 9.46. The Morgan fingerprint density at radius 1 is 1.11 bits per heavy atom. The summed E-state index contributed by atoms with van der Waals surface area (Å²) in [7, 11) is 0. The van der Waals surface area contributed by atoms with Crippen LogP contribution in [0.25, 0.3) is 10.9 Å². The molecule has 27 heavy (non-hydrogen) atoms. The number of primary amides is 1. The Hall–Kier alpha value is -2.70. The molecule has 2 aromatic rings. The molecule has 6 nitrogen and oxygen atoms in total. The van der Waals surface area contributed by atoms with Crippen LogP contribution in [-0.2, 0) is 4.79 Å². The van der Waals surface area contributed by atoms with E-state index in [0.29, 0.717) is 42.4 Å². The summed E-state index contributed by atoms with van der Waals surface area (Å²) in [5, 5.41) is 0.637. The van der Waals surface area contributed by atoms with E-state index in [2.05, 4.69) is 9.88 Å². The highest BCUT2D eigenvalue weighted by atomic mass is 19.1. The second kappa shape index (κ2) is 7.13. The number of benzene rings is 1. The van der Waals surface area contributed by atoms with Gasteiger partial charge >= 0.3 is 0 Å². The van der Waals surface area contributed by atoms with Crippen LogP contribution in [0.4, 0.5) is 10.1 Å². The molecule has 0 bridgehead atoms. The summed E-state index contributed by atoms with van der Waals surface area (Å²) >= 11 is 0. The number of rotatable bonds is 3. The molecule has 2 aliphatic heterocycles. The number of nitrogens with two attached hydrogens (primary N) is 1. The van der Waals surface area contributed by atoms with E-state index in [1.807, 2.05) is 4.90 Å². The van der Waals surface area contributed by atoms with E-state index in [1.54, 1.807) is 12.3 Å². The second-order valence-corrected chi connectivity index (χ2v) is 7.34. The molecule has 2 saturated heterocycles. The highest BCUT2D eigenvalue weighted by Crippen LogP contribution is 2.34. The normalized spacial score (nSPS) is 18.3. The Morgan fingerprint density at radius 2 is 1.81 bits per heavy atom. The van der Waals surface area contributed by atoms with E-state index >= 15 is 0 Å². The molecular formula is C20H23FN4O2. The first-order chi connectivity index (χ1) is 13.0. The molecule has 0 aliphatic carbocycles. The number of hydrogen-bond acceptors (Lipinski definition) is 4. The number of fused-ring (bicyclic) bond motifs is 1. The van der Waals surface area contributed by atoms with Crippen molar-refractivity contribution in [3.63, 3.8) is 0 Å². The molecule has 2 aliphatic rings.